The van der Waals surface area contributed by atoms with Crippen LogP contribution in [0.4, 0.5) is 0 Å². The van der Waals surface area contributed by atoms with Gasteiger partial charge in [-0.25, -0.2) is 0 Å². The van der Waals surface area contributed by atoms with Gasteiger partial charge in [-0.15, -0.1) is 0 Å². The van der Waals surface area contributed by atoms with Crippen LogP contribution in [0.25, 0.3) is 0 Å². The van der Waals surface area contributed by atoms with E-state index in [0.717, 1.165) is 0 Å². The highest BCUT2D eigenvalue weighted by atomic mass is 16.6. The lowest BCUT2D eigenvalue weighted by molar-refractivity contribution is -0.196. The number of cyclic esters (lactones) is 1. The Labute approximate surface area is 219 Å². The number of rotatable bonds is 4. The molecule has 37 heavy (non-hydrogen) atoms. The molecule has 5 aliphatic rings. The van der Waals surface area contributed by atoms with Gasteiger partial charge < -0.3 is 30.3 Å². The zero-order chi connectivity index (χ0) is 27.3. The van der Waals surface area contributed by atoms with E-state index in [-0.39, 0.29) is 35.9 Å². The fourth-order valence-corrected chi connectivity index (χ4v) is 9.52. The zero-order valence-electron chi connectivity index (χ0n) is 22.7. The first-order chi connectivity index (χ1) is 17.1. The number of carbonyl (C=O) groups excluding carboxylic acids is 2. The van der Waals surface area contributed by atoms with Crippen molar-refractivity contribution in [3.05, 3.63) is 11.6 Å². The molecule has 4 fully saturated rings. The summed E-state index contributed by atoms with van der Waals surface area (Å²) in [5.41, 5.74) is -3.69. The summed E-state index contributed by atoms with van der Waals surface area (Å²) >= 11 is 0. The lowest BCUT2D eigenvalue weighted by Gasteiger charge is -2.60. The van der Waals surface area contributed by atoms with Gasteiger partial charge in [-0.05, 0) is 80.8 Å². The molecule has 0 aromatic carbocycles. The smallest absolute Gasteiger partial charge is 0.309 e. The van der Waals surface area contributed by atoms with Gasteiger partial charge in [0.15, 0.2) is 5.78 Å². The highest BCUT2D eigenvalue weighted by Gasteiger charge is 2.70. The number of fused-ring (bicyclic) bond motifs is 5. The monoisotopic (exact) mass is 520 g/mol. The standard InChI is InChI=1S/C29H44O8/c1-6-15-14(2)25(34)37-23(15)24(33)28(5,35)22-8-10-29(36)17-11-19(30)18-12-20(31)21(32)13-26(18,3)16(17)7-9-27(22,29)4/h11,14-16,18,20-24,31-33,35-36H,6-10,12-13H2,1-5H3/t14-,15+,16-,18-,20+,21-,22-,23+,24+,26+,27+,28+,29+/m0/s1. The molecule has 1 saturated heterocycles. The Morgan fingerprint density at radius 1 is 1.14 bits per heavy atom. The van der Waals surface area contributed by atoms with Crippen LogP contribution in [0.15, 0.2) is 11.6 Å². The predicted octanol–water partition coefficient (Wildman–Crippen LogP) is 1.89. The fraction of sp³-hybridized carbons (Fsp3) is 0.862. The minimum absolute atomic E-state index is 0.120. The normalized spacial score (nSPS) is 51.9. The third-order valence-electron chi connectivity index (χ3n) is 11.9. The van der Waals surface area contributed by atoms with Crippen molar-refractivity contribution in [1.82, 2.24) is 0 Å². The van der Waals surface area contributed by atoms with Crippen LogP contribution < -0.4 is 0 Å². The highest BCUT2D eigenvalue weighted by Crippen LogP contribution is 2.68. The van der Waals surface area contributed by atoms with Crippen LogP contribution in [0, 0.1) is 40.4 Å². The minimum Gasteiger partial charge on any atom is -0.459 e. The molecule has 0 radical (unpaired) electrons. The van der Waals surface area contributed by atoms with Gasteiger partial charge in [-0.2, -0.15) is 0 Å². The molecule has 1 aliphatic heterocycles. The van der Waals surface area contributed by atoms with Gasteiger partial charge in [0.25, 0.3) is 0 Å². The maximum absolute atomic E-state index is 13.3. The highest BCUT2D eigenvalue weighted by molar-refractivity contribution is 5.95. The van der Waals surface area contributed by atoms with Gasteiger partial charge in [0.1, 0.15) is 12.2 Å². The summed E-state index contributed by atoms with van der Waals surface area (Å²) in [5.74, 6) is -2.07. The Bertz CT molecular complexity index is 1010. The van der Waals surface area contributed by atoms with Gasteiger partial charge in [-0.3, -0.25) is 9.59 Å². The van der Waals surface area contributed by atoms with Crippen molar-refractivity contribution in [3.8, 4) is 0 Å². The van der Waals surface area contributed by atoms with E-state index in [2.05, 4.69) is 0 Å². The van der Waals surface area contributed by atoms with Crippen LogP contribution in [0.5, 0.6) is 0 Å². The second-order valence-corrected chi connectivity index (χ2v) is 13.5. The quantitative estimate of drug-likeness (QED) is 0.354. The van der Waals surface area contributed by atoms with Crippen LogP contribution in [0.2, 0.25) is 0 Å². The largest absolute Gasteiger partial charge is 0.459 e. The lowest BCUT2D eigenvalue weighted by atomic mass is 9.45. The van der Waals surface area contributed by atoms with Gasteiger partial charge in [-0.1, -0.05) is 27.7 Å². The second kappa shape index (κ2) is 8.59. The molecule has 1 heterocycles. The Morgan fingerprint density at radius 2 is 1.81 bits per heavy atom. The molecule has 13 atom stereocenters. The Kier molecular flexibility index (Phi) is 6.33. The Balaban J connectivity index is 1.48. The second-order valence-electron chi connectivity index (χ2n) is 13.5. The van der Waals surface area contributed by atoms with Crippen molar-refractivity contribution in [2.75, 3.05) is 0 Å². The number of hydrogen-bond donors (Lipinski definition) is 5. The molecule has 0 aromatic heterocycles. The van der Waals surface area contributed by atoms with Crippen LogP contribution in [0.1, 0.15) is 79.6 Å². The molecule has 0 unspecified atom stereocenters. The van der Waals surface area contributed by atoms with Crippen LogP contribution in [-0.2, 0) is 14.3 Å². The van der Waals surface area contributed by atoms with Crippen molar-refractivity contribution in [2.24, 2.45) is 40.4 Å². The summed E-state index contributed by atoms with van der Waals surface area (Å²) in [4.78, 5) is 25.6. The molecule has 208 valence electrons. The van der Waals surface area contributed by atoms with Crippen molar-refractivity contribution in [2.45, 2.75) is 115 Å². The van der Waals surface area contributed by atoms with Crippen molar-refractivity contribution >= 4 is 11.8 Å². The number of ether oxygens (including phenoxy) is 1. The molecule has 8 nitrogen and oxygen atoms in total. The van der Waals surface area contributed by atoms with Gasteiger partial charge in [0, 0.05) is 17.3 Å². The molecule has 4 aliphatic carbocycles. The fourth-order valence-electron chi connectivity index (χ4n) is 9.52. The van der Waals surface area contributed by atoms with E-state index in [1.807, 2.05) is 20.8 Å². The lowest BCUT2D eigenvalue weighted by Crippen LogP contribution is -2.63. The van der Waals surface area contributed by atoms with E-state index < -0.39 is 58.3 Å². The number of esters is 1. The summed E-state index contributed by atoms with van der Waals surface area (Å²) in [7, 11) is 0. The summed E-state index contributed by atoms with van der Waals surface area (Å²) in [5, 5.41) is 56.5. The number of carbonyl (C=O) groups is 2. The number of ketones is 1. The summed E-state index contributed by atoms with van der Waals surface area (Å²) < 4.78 is 5.56. The molecule has 0 aromatic rings. The van der Waals surface area contributed by atoms with E-state index in [1.54, 1.807) is 19.9 Å². The van der Waals surface area contributed by atoms with E-state index in [1.165, 1.54) is 0 Å². The first-order valence-corrected chi connectivity index (χ1v) is 14.1. The molecule has 0 amide bonds. The van der Waals surface area contributed by atoms with Crippen molar-refractivity contribution < 1.29 is 39.9 Å². The molecular weight excluding hydrogens is 476 g/mol. The minimum atomic E-state index is -1.63. The number of aliphatic hydroxyl groups excluding tert-OH is 3. The molecule has 0 spiro atoms. The van der Waals surface area contributed by atoms with E-state index in [4.69, 9.17) is 4.74 Å². The van der Waals surface area contributed by atoms with Crippen molar-refractivity contribution in [3.63, 3.8) is 0 Å². The van der Waals surface area contributed by atoms with Gasteiger partial charge in [0.05, 0.1) is 29.3 Å². The first-order valence-electron chi connectivity index (χ1n) is 14.1. The van der Waals surface area contributed by atoms with Crippen LogP contribution >= 0.6 is 0 Å². The summed E-state index contributed by atoms with van der Waals surface area (Å²) in [6, 6.07) is 0. The summed E-state index contributed by atoms with van der Waals surface area (Å²) in [6.07, 6.45) is 0.792. The van der Waals surface area contributed by atoms with Crippen LogP contribution in [0.3, 0.4) is 0 Å². The molecule has 5 N–H and O–H groups in total. The third kappa shape index (κ3) is 3.51. The summed E-state index contributed by atoms with van der Waals surface area (Å²) in [6.45, 7) is 9.27. The van der Waals surface area contributed by atoms with Crippen LogP contribution in [-0.4, -0.2) is 72.9 Å². The molecule has 8 heteroatoms. The van der Waals surface area contributed by atoms with Crippen molar-refractivity contribution in [1.29, 1.82) is 0 Å². The van der Waals surface area contributed by atoms with E-state index in [9.17, 15) is 35.1 Å². The SMILES string of the molecule is CC[C@H]1[C@H]([C@@H](O)[C@](C)(O)[C@H]2CC[C@@]3(O)C4=CC(=O)[C@@H]5C[C@@H](O)[C@@H](O)C[C@]5(C)[C@H]4CC[C@]23C)OC(=O)[C@H]1C. The van der Waals surface area contributed by atoms with E-state index in [0.29, 0.717) is 44.1 Å². The van der Waals surface area contributed by atoms with Gasteiger partial charge in [0.2, 0.25) is 0 Å². The van der Waals surface area contributed by atoms with E-state index >= 15 is 0 Å². The average molecular weight is 521 g/mol. The number of hydrogen-bond acceptors (Lipinski definition) is 8. The number of aliphatic hydroxyl groups is 5. The molecular formula is C29H44O8. The number of allylic oxidation sites excluding steroid dienone is 1. The molecule has 5 rings (SSSR count). The topological polar surface area (TPSA) is 145 Å². The maximum atomic E-state index is 13.3. The third-order valence-corrected chi connectivity index (χ3v) is 11.9. The maximum Gasteiger partial charge on any atom is 0.309 e. The Hall–Kier alpha value is -1.32. The molecule has 0 bridgehead atoms. The average Bonchev–Trinajstić information content (AvgIpc) is 3.28. The zero-order valence-corrected chi connectivity index (χ0v) is 22.7. The predicted molar refractivity (Wildman–Crippen MR) is 134 cm³/mol. The first kappa shape index (κ1) is 27.3. The Morgan fingerprint density at radius 3 is 2.46 bits per heavy atom. The molecule has 3 saturated carbocycles. The van der Waals surface area contributed by atoms with Gasteiger partial charge >= 0.3 is 5.97 Å².